The average molecular weight is 401 g/mol. The van der Waals surface area contributed by atoms with Gasteiger partial charge in [0.1, 0.15) is 0 Å². The Labute approximate surface area is 181 Å². The summed E-state index contributed by atoms with van der Waals surface area (Å²) in [5.74, 6) is 0.297. The first kappa shape index (κ1) is 18.6. The first-order chi connectivity index (χ1) is 14.8. The highest BCUT2D eigenvalue weighted by Gasteiger charge is 2.34. The molecular formula is C29H24Si. The zero-order valence-corrected chi connectivity index (χ0v) is 19.1. The van der Waals surface area contributed by atoms with Crippen molar-refractivity contribution in [1.29, 1.82) is 0 Å². The monoisotopic (exact) mass is 400 g/mol. The van der Waals surface area contributed by atoms with Crippen LogP contribution in [-0.4, -0.2) is 10.2 Å². The van der Waals surface area contributed by atoms with Crippen molar-refractivity contribution < 1.29 is 0 Å². The fraction of sp³-hybridized carbons (Fsp3) is 0.0345. The molecule has 0 spiro atoms. The minimum Gasteiger partial charge on any atom is -0.0719 e. The van der Waals surface area contributed by atoms with Gasteiger partial charge in [-0.15, -0.1) is 0 Å². The molecule has 0 bridgehead atoms. The standard InChI is InChI=1S/C29H24Si/c30-29-27(23-17-9-3-10-18-23)25(21-13-5-1-6-14-21)26(22-15-7-2-8-16-22)28(29)24-19-11-4-12-20-24/h1-20,27H,30H3. The second kappa shape index (κ2) is 8.14. The van der Waals surface area contributed by atoms with Crippen LogP contribution in [0.3, 0.4) is 0 Å². The summed E-state index contributed by atoms with van der Waals surface area (Å²) in [6, 6.07) is 43.7. The van der Waals surface area contributed by atoms with Crippen molar-refractivity contribution in [3.8, 4) is 0 Å². The molecule has 1 atom stereocenters. The van der Waals surface area contributed by atoms with E-state index in [1.54, 1.807) is 5.20 Å². The molecular weight excluding hydrogens is 376 g/mol. The molecule has 1 heteroatoms. The zero-order valence-electron chi connectivity index (χ0n) is 17.1. The van der Waals surface area contributed by atoms with Crippen molar-refractivity contribution in [1.82, 2.24) is 0 Å². The topological polar surface area (TPSA) is 0 Å². The Morgan fingerprint density at radius 1 is 0.433 bits per heavy atom. The third-order valence-electron chi connectivity index (χ3n) is 5.98. The lowest BCUT2D eigenvalue weighted by Gasteiger charge is -2.19. The van der Waals surface area contributed by atoms with Gasteiger partial charge in [0, 0.05) is 16.2 Å². The summed E-state index contributed by atoms with van der Waals surface area (Å²) in [6.45, 7) is 0. The van der Waals surface area contributed by atoms with E-state index in [1.165, 1.54) is 39.0 Å². The van der Waals surface area contributed by atoms with Crippen LogP contribution in [-0.2, 0) is 0 Å². The predicted molar refractivity (Wildman–Crippen MR) is 132 cm³/mol. The lowest BCUT2D eigenvalue weighted by molar-refractivity contribution is 1.10. The number of hydrogen-bond donors (Lipinski definition) is 0. The van der Waals surface area contributed by atoms with Crippen molar-refractivity contribution in [2.24, 2.45) is 0 Å². The van der Waals surface area contributed by atoms with Gasteiger partial charge in [-0.2, -0.15) is 0 Å². The summed E-state index contributed by atoms with van der Waals surface area (Å²) >= 11 is 0. The van der Waals surface area contributed by atoms with Crippen molar-refractivity contribution in [2.75, 3.05) is 0 Å². The van der Waals surface area contributed by atoms with E-state index in [-0.39, 0.29) is 0 Å². The highest BCUT2D eigenvalue weighted by molar-refractivity contribution is 6.37. The maximum absolute atomic E-state index is 2.28. The number of rotatable bonds is 4. The largest absolute Gasteiger partial charge is 0.0719 e. The Hall–Kier alpha value is -3.42. The van der Waals surface area contributed by atoms with E-state index >= 15 is 0 Å². The van der Waals surface area contributed by atoms with Crippen molar-refractivity contribution in [2.45, 2.75) is 5.92 Å². The summed E-state index contributed by atoms with van der Waals surface area (Å²) in [5, 5.41) is 1.55. The summed E-state index contributed by atoms with van der Waals surface area (Å²) in [5.41, 5.74) is 9.52. The molecule has 0 N–H and O–H groups in total. The molecule has 0 nitrogen and oxygen atoms in total. The zero-order chi connectivity index (χ0) is 20.3. The minimum atomic E-state index is 0.297. The van der Waals surface area contributed by atoms with Gasteiger partial charge in [0.25, 0.3) is 0 Å². The number of benzene rings is 4. The lowest BCUT2D eigenvalue weighted by Crippen LogP contribution is -2.03. The van der Waals surface area contributed by atoms with E-state index in [0.29, 0.717) is 5.92 Å². The Kier molecular flexibility index (Phi) is 5.04. The smallest absolute Gasteiger partial charge is 0.0353 e. The molecule has 4 aromatic rings. The van der Waals surface area contributed by atoms with Gasteiger partial charge in [0.2, 0.25) is 0 Å². The highest BCUT2D eigenvalue weighted by Crippen LogP contribution is 2.54. The van der Waals surface area contributed by atoms with Crippen LogP contribution in [0.5, 0.6) is 0 Å². The van der Waals surface area contributed by atoms with E-state index in [0.717, 1.165) is 10.2 Å². The number of allylic oxidation sites excluding steroid dienone is 4. The van der Waals surface area contributed by atoms with Crippen LogP contribution in [0.4, 0.5) is 0 Å². The molecule has 0 amide bonds. The van der Waals surface area contributed by atoms with E-state index < -0.39 is 0 Å². The third kappa shape index (κ3) is 3.28. The molecule has 1 aliphatic carbocycles. The quantitative estimate of drug-likeness (QED) is 0.359. The first-order valence-corrected chi connectivity index (χ1v) is 11.5. The Morgan fingerprint density at radius 3 is 1.33 bits per heavy atom. The summed E-state index contributed by atoms with van der Waals surface area (Å²) in [6.07, 6.45) is 0. The van der Waals surface area contributed by atoms with Gasteiger partial charge in [0.15, 0.2) is 0 Å². The Bertz CT molecular complexity index is 1200. The van der Waals surface area contributed by atoms with Crippen LogP contribution in [0.1, 0.15) is 28.2 Å². The maximum atomic E-state index is 2.28. The van der Waals surface area contributed by atoms with Crippen LogP contribution in [0.2, 0.25) is 0 Å². The van der Waals surface area contributed by atoms with Crippen LogP contribution in [0.15, 0.2) is 127 Å². The Morgan fingerprint density at radius 2 is 0.833 bits per heavy atom. The van der Waals surface area contributed by atoms with E-state index in [1.807, 2.05) is 0 Å². The third-order valence-corrected chi connectivity index (χ3v) is 7.06. The fourth-order valence-electron chi connectivity index (χ4n) is 4.71. The molecule has 4 aromatic carbocycles. The second-order valence-electron chi connectivity index (χ2n) is 7.79. The summed E-state index contributed by atoms with van der Waals surface area (Å²) in [7, 11) is 1.01. The number of hydrogen-bond acceptors (Lipinski definition) is 0. The molecule has 5 rings (SSSR count). The van der Waals surface area contributed by atoms with E-state index in [2.05, 4.69) is 121 Å². The van der Waals surface area contributed by atoms with Crippen LogP contribution in [0.25, 0.3) is 16.7 Å². The van der Waals surface area contributed by atoms with Crippen LogP contribution in [0, 0.1) is 0 Å². The maximum Gasteiger partial charge on any atom is 0.0353 e. The van der Waals surface area contributed by atoms with Gasteiger partial charge in [-0.05, 0) is 39.0 Å². The molecule has 144 valence electrons. The molecule has 0 heterocycles. The van der Waals surface area contributed by atoms with Crippen LogP contribution < -0.4 is 0 Å². The van der Waals surface area contributed by atoms with E-state index in [9.17, 15) is 0 Å². The minimum absolute atomic E-state index is 0.297. The SMILES string of the molecule is [SiH3]C1=C(c2ccccc2)C(c2ccccc2)=C(c2ccccc2)C1c1ccccc1. The molecule has 0 fully saturated rings. The van der Waals surface area contributed by atoms with Gasteiger partial charge < -0.3 is 0 Å². The normalized spacial score (nSPS) is 16.3. The summed E-state index contributed by atoms with van der Waals surface area (Å²) in [4.78, 5) is 0. The predicted octanol–water partition coefficient (Wildman–Crippen LogP) is 6.17. The van der Waals surface area contributed by atoms with Crippen LogP contribution >= 0.6 is 0 Å². The van der Waals surface area contributed by atoms with Crippen molar-refractivity contribution in [3.63, 3.8) is 0 Å². The van der Waals surface area contributed by atoms with E-state index in [4.69, 9.17) is 0 Å². The molecule has 0 saturated heterocycles. The van der Waals surface area contributed by atoms with Gasteiger partial charge >= 0.3 is 0 Å². The Balaban J connectivity index is 1.86. The van der Waals surface area contributed by atoms with Gasteiger partial charge in [-0.3, -0.25) is 0 Å². The lowest BCUT2D eigenvalue weighted by atomic mass is 9.85. The first-order valence-electron chi connectivity index (χ1n) is 10.5. The van der Waals surface area contributed by atoms with Crippen molar-refractivity contribution in [3.05, 3.63) is 149 Å². The van der Waals surface area contributed by atoms with Gasteiger partial charge in [-0.25, -0.2) is 0 Å². The second-order valence-corrected chi connectivity index (χ2v) is 8.87. The van der Waals surface area contributed by atoms with Gasteiger partial charge in [0.05, 0.1) is 0 Å². The molecule has 1 unspecified atom stereocenters. The summed E-state index contributed by atoms with van der Waals surface area (Å²) < 4.78 is 0. The molecule has 0 aliphatic heterocycles. The molecule has 1 aliphatic rings. The fourth-order valence-corrected chi connectivity index (χ4v) is 5.87. The molecule has 30 heavy (non-hydrogen) atoms. The van der Waals surface area contributed by atoms with Crippen molar-refractivity contribution >= 4 is 27.0 Å². The highest BCUT2D eigenvalue weighted by atomic mass is 28.1. The molecule has 0 radical (unpaired) electrons. The average Bonchev–Trinajstić information content (AvgIpc) is 3.14. The molecule has 0 saturated carbocycles. The molecule has 0 aromatic heterocycles. The van der Waals surface area contributed by atoms with Gasteiger partial charge in [-0.1, -0.05) is 127 Å².